The van der Waals surface area contributed by atoms with Crippen molar-refractivity contribution in [1.82, 2.24) is 10.2 Å². The molecule has 1 N–H and O–H groups in total. The van der Waals surface area contributed by atoms with Crippen LogP contribution in [0.1, 0.15) is 37.7 Å². The van der Waals surface area contributed by atoms with Crippen LogP contribution in [-0.4, -0.2) is 36.5 Å². The van der Waals surface area contributed by atoms with Gasteiger partial charge in [-0.2, -0.15) is 0 Å². The fourth-order valence-corrected chi connectivity index (χ4v) is 3.37. The molecule has 20 heavy (non-hydrogen) atoms. The minimum atomic E-state index is 0.226. The van der Waals surface area contributed by atoms with Crippen molar-refractivity contribution in [1.29, 1.82) is 0 Å². The molecule has 108 valence electrons. The van der Waals surface area contributed by atoms with Gasteiger partial charge in [-0.25, -0.2) is 0 Å². The standard InChI is InChI=1S/C17H24N2O/c1-2-10-19(14-8-9-18-12-14)17(20)16-11-15(16)13-6-4-3-5-7-13/h3-7,14-16,18H,2,8-12H2,1H3. The Morgan fingerprint density at radius 1 is 1.35 bits per heavy atom. The van der Waals surface area contributed by atoms with Gasteiger partial charge in [-0.05, 0) is 37.3 Å². The van der Waals surface area contributed by atoms with Crippen molar-refractivity contribution in [2.24, 2.45) is 5.92 Å². The number of amides is 1. The van der Waals surface area contributed by atoms with Crippen LogP contribution in [0.5, 0.6) is 0 Å². The van der Waals surface area contributed by atoms with Gasteiger partial charge in [0.2, 0.25) is 5.91 Å². The van der Waals surface area contributed by atoms with Gasteiger partial charge in [-0.1, -0.05) is 37.3 Å². The molecule has 1 aromatic carbocycles. The summed E-state index contributed by atoms with van der Waals surface area (Å²) in [7, 11) is 0. The van der Waals surface area contributed by atoms with E-state index in [-0.39, 0.29) is 5.92 Å². The first-order chi connectivity index (χ1) is 9.81. The maximum atomic E-state index is 12.8. The molecule has 0 bridgehead atoms. The average Bonchev–Trinajstić information content (AvgIpc) is 3.11. The zero-order valence-electron chi connectivity index (χ0n) is 12.2. The summed E-state index contributed by atoms with van der Waals surface area (Å²) < 4.78 is 0. The van der Waals surface area contributed by atoms with Gasteiger partial charge in [0.05, 0.1) is 0 Å². The summed E-state index contributed by atoms with van der Waals surface area (Å²) in [6, 6.07) is 10.9. The molecular formula is C17H24N2O. The van der Waals surface area contributed by atoms with Gasteiger partial charge >= 0.3 is 0 Å². The third kappa shape index (κ3) is 2.73. The van der Waals surface area contributed by atoms with E-state index in [2.05, 4.69) is 41.4 Å². The Kier molecular flexibility index (Phi) is 4.06. The lowest BCUT2D eigenvalue weighted by Crippen LogP contribution is -2.43. The van der Waals surface area contributed by atoms with Crippen LogP contribution in [-0.2, 0) is 4.79 Å². The zero-order valence-corrected chi connectivity index (χ0v) is 12.2. The van der Waals surface area contributed by atoms with Crippen LogP contribution in [0.15, 0.2) is 30.3 Å². The van der Waals surface area contributed by atoms with Gasteiger partial charge in [0.1, 0.15) is 0 Å². The fourth-order valence-electron chi connectivity index (χ4n) is 3.37. The Labute approximate surface area is 121 Å². The molecule has 1 heterocycles. The van der Waals surface area contributed by atoms with Crippen molar-refractivity contribution in [3.05, 3.63) is 35.9 Å². The number of nitrogens with zero attached hydrogens (tertiary/aromatic N) is 1. The predicted octanol–water partition coefficient (Wildman–Crippen LogP) is 2.39. The van der Waals surface area contributed by atoms with Crippen molar-refractivity contribution >= 4 is 5.91 Å². The number of nitrogens with one attached hydrogen (secondary N) is 1. The lowest BCUT2D eigenvalue weighted by atomic mass is 10.1. The molecule has 3 rings (SSSR count). The van der Waals surface area contributed by atoms with Crippen molar-refractivity contribution < 1.29 is 4.79 Å². The fraction of sp³-hybridized carbons (Fsp3) is 0.588. The molecule has 2 fully saturated rings. The van der Waals surface area contributed by atoms with Crippen molar-refractivity contribution in [3.8, 4) is 0 Å². The molecule has 3 nitrogen and oxygen atoms in total. The highest BCUT2D eigenvalue weighted by Crippen LogP contribution is 2.48. The second-order valence-corrected chi connectivity index (χ2v) is 6.04. The first-order valence-electron chi connectivity index (χ1n) is 7.87. The molecule has 1 aromatic rings. The van der Waals surface area contributed by atoms with E-state index < -0.39 is 0 Å². The van der Waals surface area contributed by atoms with Crippen LogP contribution < -0.4 is 5.32 Å². The molecule has 1 aliphatic carbocycles. The molecule has 0 spiro atoms. The molecule has 3 unspecified atom stereocenters. The third-order valence-electron chi connectivity index (χ3n) is 4.56. The number of carbonyl (C=O) groups excluding carboxylic acids is 1. The van der Waals surface area contributed by atoms with E-state index in [1.54, 1.807) is 0 Å². The Bertz CT molecular complexity index is 453. The van der Waals surface area contributed by atoms with Crippen LogP contribution in [0.2, 0.25) is 0 Å². The van der Waals surface area contributed by atoms with Gasteiger partial charge in [0.15, 0.2) is 0 Å². The summed E-state index contributed by atoms with van der Waals surface area (Å²) in [5.41, 5.74) is 1.33. The smallest absolute Gasteiger partial charge is 0.226 e. The topological polar surface area (TPSA) is 32.3 Å². The van der Waals surface area contributed by atoms with Crippen molar-refractivity contribution in [2.45, 2.75) is 38.1 Å². The number of hydrogen-bond acceptors (Lipinski definition) is 2. The van der Waals surface area contributed by atoms with Crippen LogP contribution in [0.4, 0.5) is 0 Å². The average molecular weight is 272 g/mol. The molecule has 1 saturated heterocycles. The van der Waals surface area contributed by atoms with Gasteiger partial charge in [-0.15, -0.1) is 0 Å². The molecule has 1 aliphatic heterocycles. The van der Waals surface area contributed by atoms with Crippen LogP contribution in [0, 0.1) is 5.92 Å². The first kappa shape index (κ1) is 13.6. The molecule has 0 radical (unpaired) electrons. The van der Waals surface area contributed by atoms with E-state index in [9.17, 15) is 4.79 Å². The Hall–Kier alpha value is -1.35. The summed E-state index contributed by atoms with van der Waals surface area (Å²) >= 11 is 0. The van der Waals surface area contributed by atoms with E-state index in [0.29, 0.717) is 17.9 Å². The van der Waals surface area contributed by atoms with Crippen molar-refractivity contribution in [3.63, 3.8) is 0 Å². The summed E-state index contributed by atoms with van der Waals surface area (Å²) in [6.45, 7) is 5.08. The van der Waals surface area contributed by atoms with E-state index in [1.807, 2.05) is 6.07 Å². The van der Waals surface area contributed by atoms with E-state index in [0.717, 1.165) is 38.9 Å². The number of hydrogen-bond donors (Lipinski definition) is 1. The van der Waals surface area contributed by atoms with Gasteiger partial charge in [0.25, 0.3) is 0 Å². The lowest BCUT2D eigenvalue weighted by Gasteiger charge is -2.28. The minimum absolute atomic E-state index is 0.226. The molecule has 2 aliphatic rings. The third-order valence-corrected chi connectivity index (χ3v) is 4.56. The quantitative estimate of drug-likeness (QED) is 0.892. The second kappa shape index (κ2) is 5.96. The first-order valence-corrected chi connectivity index (χ1v) is 7.87. The summed E-state index contributed by atoms with van der Waals surface area (Å²) in [4.78, 5) is 14.9. The molecule has 1 saturated carbocycles. The van der Waals surface area contributed by atoms with Crippen molar-refractivity contribution in [2.75, 3.05) is 19.6 Å². The number of rotatable bonds is 5. The predicted molar refractivity (Wildman–Crippen MR) is 80.6 cm³/mol. The van der Waals surface area contributed by atoms with Crippen LogP contribution >= 0.6 is 0 Å². The largest absolute Gasteiger partial charge is 0.338 e. The molecule has 1 amide bonds. The normalized spacial score (nSPS) is 28.4. The summed E-state index contributed by atoms with van der Waals surface area (Å²) in [6.07, 6.45) is 3.18. The molecule has 3 heteroatoms. The summed E-state index contributed by atoms with van der Waals surface area (Å²) in [5, 5.41) is 3.37. The molecular weight excluding hydrogens is 248 g/mol. The molecule has 3 atom stereocenters. The SMILES string of the molecule is CCCN(C(=O)C1CC1c1ccccc1)C1CCNC1. The number of carbonyl (C=O) groups is 1. The summed E-state index contributed by atoms with van der Waals surface area (Å²) in [5.74, 6) is 1.07. The highest BCUT2D eigenvalue weighted by molar-refractivity contribution is 5.83. The Balaban J connectivity index is 1.65. The Morgan fingerprint density at radius 2 is 2.15 bits per heavy atom. The zero-order chi connectivity index (χ0) is 13.9. The van der Waals surface area contributed by atoms with E-state index >= 15 is 0 Å². The lowest BCUT2D eigenvalue weighted by molar-refractivity contribution is -0.134. The maximum Gasteiger partial charge on any atom is 0.226 e. The minimum Gasteiger partial charge on any atom is -0.338 e. The maximum absolute atomic E-state index is 12.8. The van der Waals surface area contributed by atoms with E-state index in [4.69, 9.17) is 0 Å². The highest BCUT2D eigenvalue weighted by Gasteiger charge is 2.46. The van der Waals surface area contributed by atoms with Crippen LogP contribution in [0.25, 0.3) is 0 Å². The second-order valence-electron chi connectivity index (χ2n) is 6.04. The number of benzene rings is 1. The van der Waals surface area contributed by atoms with Gasteiger partial charge in [-0.3, -0.25) is 4.79 Å². The van der Waals surface area contributed by atoms with E-state index in [1.165, 1.54) is 5.56 Å². The Morgan fingerprint density at radius 3 is 2.80 bits per heavy atom. The van der Waals surface area contributed by atoms with Gasteiger partial charge in [0, 0.05) is 25.0 Å². The van der Waals surface area contributed by atoms with Gasteiger partial charge < -0.3 is 10.2 Å². The highest BCUT2D eigenvalue weighted by atomic mass is 16.2. The van der Waals surface area contributed by atoms with Crippen LogP contribution in [0.3, 0.4) is 0 Å². The molecule has 0 aromatic heterocycles. The monoisotopic (exact) mass is 272 g/mol.